The van der Waals surface area contributed by atoms with Gasteiger partial charge in [-0.1, -0.05) is 30.3 Å². The molecular weight excluding hydrogens is 221 g/mol. The molecule has 1 atom stereocenters. The van der Waals surface area contributed by atoms with Crippen LogP contribution in [0.2, 0.25) is 0 Å². The van der Waals surface area contributed by atoms with E-state index in [0.717, 1.165) is 18.5 Å². The van der Waals surface area contributed by atoms with Gasteiger partial charge in [0.15, 0.2) is 0 Å². The lowest BCUT2D eigenvalue weighted by atomic mass is 9.93. The highest BCUT2D eigenvalue weighted by Gasteiger charge is 2.32. The van der Waals surface area contributed by atoms with Crippen LogP contribution in [-0.4, -0.2) is 18.2 Å². The normalized spacial score (nSPS) is 24.9. The van der Waals surface area contributed by atoms with Crippen molar-refractivity contribution in [1.82, 2.24) is 5.32 Å². The van der Waals surface area contributed by atoms with Gasteiger partial charge in [-0.25, -0.2) is 0 Å². The van der Waals surface area contributed by atoms with Gasteiger partial charge in [0.25, 0.3) is 0 Å². The van der Waals surface area contributed by atoms with Crippen LogP contribution in [-0.2, 0) is 5.60 Å². The van der Waals surface area contributed by atoms with E-state index in [9.17, 15) is 5.11 Å². The molecule has 1 unspecified atom stereocenters. The van der Waals surface area contributed by atoms with Crippen LogP contribution in [0.25, 0.3) is 0 Å². The molecule has 1 aliphatic heterocycles. The van der Waals surface area contributed by atoms with Crippen LogP contribution in [0, 0.1) is 0 Å². The van der Waals surface area contributed by atoms with Gasteiger partial charge in [-0.2, -0.15) is 0 Å². The lowest BCUT2D eigenvalue weighted by molar-refractivity contribution is 0.0587. The molecule has 2 N–H and O–H groups in total. The molecule has 4 heteroatoms. The Hall–Kier alpha value is -0.280. The predicted molar refractivity (Wildman–Crippen MR) is 62.3 cm³/mol. The van der Waals surface area contributed by atoms with Crippen molar-refractivity contribution in [3.05, 3.63) is 35.9 Å². The van der Waals surface area contributed by atoms with Crippen molar-refractivity contribution >= 4 is 24.8 Å². The molecule has 1 aromatic rings. The van der Waals surface area contributed by atoms with E-state index in [2.05, 4.69) is 5.32 Å². The highest BCUT2D eigenvalue weighted by atomic mass is 35.5. The predicted octanol–water partition coefficient (Wildman–Crippen LogP) is 1.71. The van der Waals surface area contributed by atoms with Crippen molar-refractivity contribution in [2.24, 2.45) is 0 Å². The van der Waals surface area contributed by atoms with E-state index in [0.29, 0.717) is 6.54 Å². The van der Waals surface area contributed by atoms with Crippen LogP contribution >= 0.6 is 24.8 Å². The number of aliphatic hydroxyl groups is 1. The summed E-state index contributed by atoms with van der Waals surface area (Å²) >= 11 is 0. The first-order chi connectivity index (χ1) is 5.81. The van der Waals surface area contributed by atoms with Crippen molar-refractivity contribution in [3.8, 4) is 0 Å². The standard InChI is InChI=1S/C10H13NO.2ClH/c12-10(6-7-11-8-10)9-4-2-1-3-5-9;;/h1-5,11-12H,6-8H2;2*1H. The Kier molecular flexibility index (Phi) is 5.45. The second kappa shape index (κ2) is 5.56. The SMILES string of the molecule is Cl.Cl.OC1(c2ccccc2)CCNC1. The molecule has 14 heavy (non-hydrogen) atoms. The second-order valence-corrected chi connectivity index (χ2v) is 3.32. The summed E-state index contributed by atoms with van der Waals surface area (Å²) in [5.74, 6) is 0. The van der Waals surface area contributed by atoms with Crippen LogP contribution in [0.5, 0.6) is 0 Å². The average molecular weight is 236 g/mol. The van der Waals surface area contributed by atoms with Crippen molar-refractivity contribution in [3.63, 3.8) is 0 Å². The second-order valence-electron chi connectivity index (χ2n) is 3.32. The molecule has 0 saturated carbocycles. The minimum atomic E-state index is -0.624. The maximum atomic E-state index is 10.1. The number of hydrogen-bond donors (Lipinski definition) is 2. The van der Waals surface area contributed by atoms with E-state index in [1.807, 2.05) is 30.3 Å². The zero-order valence-electron chi connectivity index (χ0n) is 7.77. The molecule has 1 aliphatic rings. The number of hydrogen-bond acceptors (Lipinski definition) is 2. The summed E-state index contributed by atoms with van der Waals surface area (Å²) < 4.78 is 0. The van der Waals surface area contributed by atoms with Gasteiger partial charge in [-0.3, -0.25) is 0 Å². The summed E-state index contributed by atoms with van der Waals surface area (Å²) in [5.41, 5.74) is 0.399. The van der Waals surface area contributed by atoms with E-state index in [1.54, 1.807) is 0 Å². The average Bonchev–Trinajstić information content (AvgIpc) is 2.55. The molecular formula is C10H15Cl2NO. The fourth-order valence-electron chi connectivity index (χ4n) is 1.67. The molecule has 0 bridgehead atoms. The molecule has 1 aromatic carbocycles. The smallest absolute Gasteiger partial charge is 0.103 e. The van der Waals surface area contributed by atoms with Crippen LogP contribution < -0.4 is 5.32 Å². The third-order valence-electron chi connectivity index (χ3n) is 2.44. The van der Waals surface area contributed by atoms with Crippen LogP contribution in [0.3, 0.4) is 0 Å². The van der Waals surface area contributed by atoms with Crippen molar-refractivity contribution < 1.29 is 5.11 Å². The van der Waals surface area contributed by atoms with Crippen molar-refractivity contribution in [2.45, 2.75) is 12.0 Å². The molecule has 1 saturated heterocycles. The van der Waals surface area contributed by atoms with E-state index < -0.39 is 5.60 Å². The molecule has 0 aliphatic carbocycles. The van der Waals surface area contributed by atoms with Crippen molar-refractivity contribution in [1.29, 1.82) is 0 Å². The number of rotatable bonds is 1. The Labute approximate surface area is 96.5 Å². The Balaban J connectivity index is 0.000000845. The van der Waals surface area contributed by atoms with Gasteiger partial charge >= 0.3 is 0 Å². The molecule has 0 amide bonds. The highest BCUT2D eigenvalue weighted by Crippen LogP contribution is 2.26. The topological polar surface area (TPSA) is 32.3 Å². The van der Waals surface area contributed by atoms with E-state index in [4.69, 9.17) is 0 Å². The van der Waals surface area contributed by atoms with E-state index >= 15 is 0 Å². The summed E-state index contributed by atoms with van der Waals surface area (Å²) in [6, 6.07) is 9.85. The van der Waals surface area contributed by atoms with Gasteiger partial charge in [-0.05, 0) is 18.5 Å². The first kappa shape index (κ1) is 13.7. The summed E-state index contributed by atoms with van der Waals surface area (Å²) in [7, 11) is 0. The largest absolute Gasteiger partial charge is 0.384 e. The van der Waals surface area contributed by atoms with Crippen molar-refractivity contribution in [2.75, 3.05) is 13.1 Å². The fourth-order valence-corrected chi connectivity index (χ4v) is 1.67. The molecule has 0 aromatic heterocycles. The zero-order chi connectivity index (χ0) is 8.44. The van der Waals surface area contributed by atoms with Crippen LogP contribution in [0.1, 0.15) is 12.0 Å². The summed E-state index contributed by atoms with van der Waals surface area (Å²) in [4.78, 5) is 0. The van der Waals surface area contributed by atoms with Gasteiger partial charge in [0.1, 0.15) is 5.60 Å². The molecule has 2 nitrogen and oxygen atoms in total. The summed E-state index contributed by atoms with van der Waals surface area (Å²) in [5, 5.41) is 13.3. The third-order valence-corrected chi connectivity index (χ3v) is 2.44. The molecule has 80 valence electrons. The number of benzene rings is 1. The Morgan fingerprint density at radius 2 is 1.79 bits per heavy atom. The Morgan fingerprint density at radius 1 is 1.14 bits per heavy atom. The molecule has 0 spiro atoms. The minimum absolute atomic E-state index is 0. The first-order valence-electron chi connectivity index (χ1n) is 4.30. The summed E-state index contributed by atoms with van der Waals surface area (Å²) in [6.07, 6.45) is 0.816. The maximum Gasteiger partial charge on any atom is 0.103 e. The van der Waals surface area contributed by atoms with E-state index in [-0.39, 0.29) is 24.8 Å². The maximum absolute atomic E-state index is 10.1. The first-order valence-corrected chi connectivity index (χ1v) is 4.30. The van der Waals surface area contributed by atoms with E-state index in [1.165, 1.54) is 0 Å². The number of nitrogens with one attached hydrogen (secondary N) is 1. The fraction of sp³-hybridized carbons (Fsp3) is 0.400. The molecule has 2 rings (SSSR count). The monoisotopic (exact) mass is 235 g/mol. The molecule has 1 heterocycles. The number of β-amino-alcohol motifs (C(OH)–C–C–N with tert-alkyl or cyclic N) is 1. The Morgan fingerprint density at radius 3 is 2.29 bits per heavy atom. The van der Waals surface area contributed by atoms with Gasteiger partial charge in [-0.15, -0.1) is 24.8 Å². The Bertz CT molecular complexity index is 260. The van der Waals surface area contributed by atoms with Gasteiger partial charge in [0, 0.05) is 6.54 Å². The van der Waals surface area contributed by atoms with Crippen LogP contribution in [0.4, 0.5) is 0 Å². The lowest BCUT2D eigenvalue weighted by Gasteiger charge is -2.21. The third kappa shape index (κ3) is 2.61. The van der Waals surface area contributed by atoms with Gasteiger partial charge < -0.3 is 10.4 Å². The minimum Gasteiger partial charge on any atom is -0.384 e. The van der Waals surface area contributed by atoms with Gasteiger partial charge in [0.05, 0.1) is 0 Å². The molecule has 1 fully saturated rings. The quantitative estimate of drug-likeness (QED) is 0.778. The zero-order valence-corrected chi connectivity index (χ0v) is 9.40. The van der Waals surface area contributed by atoms with Gasteiger partial charge in [0.2, 0.25) is 0 Å². The number of halogens is 2. The van der Waals surface area contributed by atoms with Crippen LogP contribution in [0.15, 0.2) is 30.3 Å². The molecule has 0 radical (unpaired) electrons. The lowest BCUT2D eigenvalue weighted by Crippen LogP contribution is -2.27. The highest BCUT2D eigenvalue weighted by molar-refractivity contribution is 5.85. The summed E-state index contributed by atoms with van der Waals surface area (Å²) in [6.45, 7) is 1.59.